The average molecular weight is 661 g/mol. The highest BCUT2D eigenvalue weighted by Crippen LogP contribution is 2.24. The Morgan fingerprint density at radius 3 is 2.21 bits per heavy atom. The number of anilines is 3. The van der Waals surface area contributed by atoms with E-state index in [1.165, 1.54) is 41.3 Å². The normalized spacial score (nSPS) is 13.3. The number of carboxylic acids is 1. The second kappa shape index (κ2) is 14.9. The molecule has 0 bridgehead atoms. The van der Waals surface area contributed by atoms with Gasteiger partial charge in [-0.2, -0.15) is 4.68 Å². The van der Waals surface area contributed by atoms with Crippen molar-refractivity contribution in [2.75, 3.05) is 42.1 Å². The fourth-order valence-electron chi connectivity index (χ4n) is 4.65. The van der Waals surface area contributed by atoms with Gasteiger partial charge in [0.1, 0.15) is 12.4 Å². The number of aromatic nitrogens is 4. The molecule has 0 saturated carbocycles. The van der Waals surface area contributed by atoms with E-state index in [4.69, 9.17) is 16.7 Å². The van der Waals surface area contributed by atoms with E-state index in [1.54, 1.807) is 41.3 Å². The standard InChI is InChI=1S/C30H29ClN10O6/c31-20-5-10-25(41-17-33-38-39-41)23(16-20)36-27(43)28(44)37-24(26(42)34-21-8-3-19(4-9-21)29(45)46)15-18-1-6-22(7-2-18)35-30(47)40-13-11-32-12-14-40/h1-10,16-17,24,32H,11-15H2,(H,34,42)(H,35,47)(H,36,43)(H,37,44)(H,45,46). The van der Waals surface area contributed by atoms with Gasteiger partial charge in [-0.25, -0.2) is 9.59 Å². The third-order valence-corrected chi connectivity index (χ3v) is 7.31. The zero-order valence-electron chi connectivity index (χ0n) is 24.6. The Morgan fingerprint density at radius 2 is 1.55 bits per heavy atom. The molecule has 0 spiro atoms. The monoisotopic (exact) mass is 660 g/mol. The summed E-state index contributed by atoms with van der Waals surface area (Å²) in [7, 11) is 0. The summed E-state index contributed by atoms with van der Waals surface area (Å²) in [5, 5.41) is 34.0. The number of hydrogen-bond donors (Lipinski definition) is 6. The fourth-order valence-corrected chi connectivity index (χ4v) is 4.82. The molecule has 1 saturated heterocycles. The van der Waals surface area contributed by atoms with Crippen molar-refractivity contribution >= 4 is 58.4 Å². The number of carbonyl (C=O) groups excluding carboxylic acids is 4. The Bertz CT molecular complexity index is 1760. The number of carbonyl (C=O) groups is 5. The number of hydrogen-bond acceptors (Lipinski definition) is 9. The fraction of sp³-hybridized carbons (Fsp3) is 0.200. The SMILES string of the molecule is O=C(Nc1cc(Cl)ccc1-n1cnnn1)C(=O)NC(Cc1ccc(NC(=O)N2CCNCC2)cc1)C(=O)Nc1ccc(C(=O)O)cc1. The van der Waals surface area contributed by atoms with Crippen molar-refractivity contribution in [3.63, 3.8) is 0 Å². The molecule has 16 nitrogen and oxygen atoms in total. The zero-order chi connectivity index (χ0) is 33.3. The van der Waals surface area contributed by atoms with Crippen LogP contribution in [0.25, 0.3) is 5.69 Å². The molecule has 2 heterocycles. The predicted molar refractivity (Wildman–Crippen MR) is 170 cm³/mol. The summed E-state index contributed by atoms with van der Waals surface area (Å²) in [6, 6.07) is 15.2. The van der Waals surface area contributed by atoms with Gasteiger partial charge in [-0.05, 0) is 70.6 Å². The molecule has 0 aliphatic carbocycles. The molecule has 4 aromatic rings. The van der Waals surface area contributed by atoms with E-state index in [-0.39, 0.29) is 34.4 Å². The molecular weight excluding hydrogens is 632 g/mol. The lowest BCUT2D eigenvalue weighted by atomic mass is 10.0. The molecule has 1 unspecified atom stereocenters. The van der Waals surface area contributed by atoms with Crippen molar-refractivity contribution < 1.29 is 29.1 Å². The Balaban J connectivity index is 1.30. The number of nitrogens with zero attached hydrogens (tertiary/aromatic N) is 5. The Kier molecular flexibility index (Phi) is 10.3. The van der Waals surface area contributed by atoms with E-state index in [9.17, 15) is 24.0 Å². The quantitative estimate of drug-likeness (QED) is 0.143. The van der Waals surface area contributed by atoms with E-state index in [0.717, 1.165) is 0 Å². The molecule has 1 aliphatic heterocycles. The largest absolute Gasteiger partial charge is 0.478 e. The zero-order valence-corrected chi connectivity index (χ0v) is 25.4. The van der Waals surface area contributed by atoms with Gasteiger partial charge in [-0.3, -0.25) is 14.4 Å². The number of aromatic carboxylic acids is 1. The summed E-state index contributed by atoms with van der Waals surface area (Å²) < 4.78 is 1.27. The van der Waals surface area contributed by atoms with Crippen LogP contribution in [0.15, 0.2) is 73.1 Å². The number of carboxylic acid groups (broad SMARTS) is 1. The maximum atomic E-state index is 13.4. The van der Waals surface area contributed by atoms with Crippen LogP contribution in [-0.4, -0.2) is 92.2 Å². The second-order valence-corrected chi connectivity index (χ2v) is 10.8. The lowest BCUT2D eigenvalue weighted by molar-refractivity contribution is -0.137. The lowest BCUT2D eigenvalue weighted by Gasteiger charge is -2.27. The molecule has 5 rings (SSSR count). The number of halogens is 1. The van der Waals surface area contributed by atoms with Crippen LogP contribution in [0.3, 0.4) is 0 Å². The minimum Gasteiger partial charge on any atom is -0.478 e. The van der Waals surface area contributed by atoms with Crippen LogP contribution in [-0.2, 0) is 20.8 Å². The summed E-state index contributed by atoms with van der Waals surface area (Å²) in [6.07, 6.45) is 1.27. The number of rotatable bonds is 9. The lowest BCUT2D eigenvalue weighted by Crippen LogP contribution is -2.49. The first-order valence-corrected chi connectivity index (χ1v) is 14.7. The molecule has 1 atom stereocenters. The van der Waals surface area contributed by atoms with Gasteiger partial charge in [0.15, 0.2) is 0 Å². The third kappa shape index (κ3) is 8.65. The number of piperazine rings is 1. The van der Waals surface area contributed by atoms with E-state index in [1.807, 2.05) is 0 Å². The Labute approximate surface area is 272 Å². The van der Waals surface area contributed by atoms with Crippen molar-refractivity contribution in [1.29, 1.82) is 0 Å². The van der Waals surface area contributed by atoms with Crippen molar-refractivity contribution in [2.45, 2.75) is 12.5 Å². The summed E-state index contributed by atoms with van der Waals surface area (Å²) in [5.74, 6) is -4.00. The van der Waals surface area contributed by atoms with Gasteiger partial charge in [0.2, 0.25) is 5.91 Å². The first kappa shape index (κ1) is 32.5. The smallest absolute Gasteiger partial charge is 0.335 e. The minimum atomic E-state index is -1.24. The summed E-state index contributed by atoms with van der Waals surface area (Å²) in [6.45, 7) is 2.60. The molecule has 242 valence electrons. The topological polar surface area (TPSA) is 213 Å². The average Bonchev–Trinajstić information content (AvgIpc) is 3.61. The van der Waals surface area contributed by atoms with Crippen molar-refractivity contribution in [3.05, 3.63) is 89.2 Å². The highest BCUT2D eigenvalue weighted by atomic mass is 35.5. The maximum Gasteiger partial charge on any atom is 0.335 e. The van der Waals surface area contributed by atoms with Crippen LogP contribution >= 0.6 is 11.6 Å². The van der Waals surface area contributed by atoms with E-state index in [2.05, 4.69) is 42.1 Å². The molecule has 1 fully saturated rings. The van der Waals surface area contributed by atoms with Gasteiger partial charge < -0.3 is 36.6 Å². The van der Waals surface area contributed by atoms with Crippen molar-refractivity contribution in [2.24, 2.45) is 0 Å². The number of benzene rings is 3. The van der Waals surface area contributed by atoms with Crippen molar-refractivity contribution in [3.8, 4) is 5.69 Å². The molecule has 17 heteroatoms. The third-order valence-electron chi connectivity index (χ3n) is 7.08. The number of amides is 5. The van der Waals surface area contributed by atoms with Gasteiger partial charge in [-0.15, -0.1) is 5.10 Å². The molecule has 3 aromatic carbocycles. The number of urea groups is 1. The number of nitrogens with one attached hydrogen (secondary N) is 5. The van der Waals surface area contributed by atoms with Crippen LogP contribution < -0.4 is 26.6 Å². The second-order valence-electron chi connectivity index (χ2n) is 10.3. The Morgan fingerprint density at radius 1 is 0.872 bits per heavy atom. The molecule has 1 aliphatic rings. The predicted octanol–water partition coefficient (Wildman–Crippen LogP) is 1.76. The molecule has 1 aromatic heterocycles. The first-order valence-electron chi connectivity index (χ1n) is 14.3. The van der Waals surface area contributed by atoms with Gasteiger partial charge >= 0.3 is 23.8 Å². The van der Waals surface area contributed by atoms with Crippen LogP contribution in [0.4, 0.5) is 21.9 Å². The molecule has 6 N–H and O–H groups in total. The van der Waals surface area contributed by atoms with Gasteiger partial charge in [-0.1, -0.05) is 23.7 Å². The van der Waals surface area contributed by atoms with Crippen molar-refractivity contribution in [1.82, 2.24) is 35.7 Å². The van der Waals surface area contributed by atoms with Crippen LogP contribution in [0.5, 0.6) is 0 Å². The first-order chi connectivity index (χ1) is 22.7. The molecule has 0 radical (unpaired) electrons. The van der Waals surface area contributed by atoms with Gasteiger partial charge in [0.05, 0.1) is 16.9 Å². The molecular formula is C30H29ClN10O6. The van der Waals surface area contributed by atoms with Crippen LogP contribution in [0, 0.1) is 0 Å². The summed E-state index contributed by atoms with van der Waals surface area (Å²) >= 11 is 6.11. The van der Waals surface area contributed by atoms with E-state index in [0.29, 0.717) is 43.1 Å². The van der Waals surface area contributed by atoms with E-state index >= 15 is 0 Å². The van der Waals surface area contributed by atoms with Crippen LogP contribution in [0.2, 0.25) is 5.02 Å². The summed E-state index contributed by atoms with van der Waals surface area (Å²) in [4.78, 5) is 65.1. The maximum absolute atomic E-state index is 13.4. The van der Waals surface area contributed by atoms with Gasteiger partial charge in [0.25, 0.3) is 0 Å². The van der Waals surface area contributed by atoms with E-state index < -0.39 is 29.7 Å². The minimum absolute atomic E-state index is 0.0238. The number of tetrazole rings is 1. The Hall–Kier alpha value is -5.87. The highest BCUT2D eigenvalue weighted by Gasteiger charge is 2.26. The highest BCUT2D eigenvalue weighted by molar-refractivity contribution is 6.40. The summed E-state index contributed by atoms with van der Waals surface area (Å²) in [5.41, 5.74) is 1.94. The van der Waals surface area contributed by atoms with Gasteiger partial charge in [0, 0.05) is 49.0 Å². The molecule has 5 amide bonds. The van der Waals surface area contributed by atoms with Crippen LogP contribution in [0.1, 0.15) is 15.9 Å². The molecule has 47 heavy (non-hydrogen) atoms.